The molecule has 8 heteroatoms. The topological polar surface area (TPSA) is 82.0 Å². The summed E-state index contributed by atoms with van der Waals surface area (Å²) in [6, 6.07) is 3.75. The van der Waals surface area contributed by atoms with Crippen LogP contribution in [0.25, 0.3) is 0 Å². The number of hydrogen-bond acceptors (Lipinski definition) is 5. The van der Waals surface area contributed by atoms with E-state index in [1.165, 1.54) is 5.56 Å². The number of piperidine rings is 1. The highest BCUT2D eigenvalue weighted by Gasteiger charge is 2.46. The van der Waals surface area contributed by atoms with E-state index in [9.17, 15) is 14.9 Å². The van der Waals surface area contributed by atoms with Crippen molar-refractivity contribution >= 4 is 17.4 Å². The third kappa shape index (κ3) is 3.51. The fourth-order valence-corrected chi connectivity index (χ4v) is 5.79. The molecular weight excluding hydrogens is 382 g/mol. The lowest BCUT2D eigenvalue weighted by Gasteiger charge is -2.46. The number of likely N-dealkylation sites (tertiary alicyclic amines) is 1. The molecule has 4 rings (SSSR count). The summed E-state index contributed by atoms with van der Waals surface area (Å²) in [5.74, 6) is 0.639. The number of nitrogens with zero attached hydrogens (tertiary/aromatic N) is 4. The normalized spacial score (nSPS) is 24.9. The van der Waals surface area contributed by atoms with Crippen LogP contribution in [0.15, 0.2) is 12.1 Å². The number of amides is 2. The number of carbonyl (C=O) groups excluding carboxylic acids is 1. The number of fused-ring (bicyclic) bond motifs is 2. The van der Waals surface area contributed by atoms with Crippen molar-refractivity contribution < 1.29 is 9.72 Å². The largest absolute Gasteiger partial charge is 0.336 e. The second-order valence-electron chi connectivity index (χ2n) is 8.71. The van der Waals surface area contributed by atoms with Gasteiger partial charge in [-0.2, -0.15) is 0 Å². The number of carbonyl (C=O) groups is 1. The Bertz CT molecular complexity index is 823. The number of nitro groups is 1. The van der Waals surface area contributed by atoms with E-state index >= 15 is 0 Å². The number of non-ortho nitro benzene ring substituents is 1. The van der Waals surface area contributed by atoms with Crippen molar-refractivity contribution in [1.82, 2.24) is 15.2 Å². The predicted molar refractivity (Wildman–Crippen MR) is 117 cm³/mol. The second-order valence-corrected chi connectivity index (χ2v) is 8.71. The van der Waals surface area contributed by atoms with E-state index in [1.54, 1.807) is 11.0 Å². The minimum absolute atomic E-state index is 0.125. The van der Waals surface area contributed by atoms with Gasteiger partial charge in [-0.1, -0.05) is 6.92 Å². The Labute approximate surface area is 178 Å². The Hall–Kier alpha value is -2.35. The van der Waals surface area contributed by atoms with E-state index in [2.05, 4.69) is 17.2 Å². The molecule has 1 aromatic rings. The molecule has 1 unspecified atom stereocenters. The van der Waals surface area contributed by atoms with Crippen LogP contribution in [0.1, 0.15) is 69.4 Å². The SMILES string of the molecule is CCCN1CCC[C@@H]2c3cc([N+](=O)[O-])cc4c3C(C[C@H]21)CN4NC(=O)N(CC)CC. The van der Waals surface area contributed by atoms with Crippen LogP contribution in [0, 0.1) is 10.1 Å². The number of rotatable bonds is 6. The molecule has 164 valence electrons. The van der Waals surface area contributed by atoms with Crippen LogP contribution in [0.5, 0.6) is 0 Å². The molecule has 8 nitrogen and oxygen atoms in total. The standard InChI is InChI=1S/C22H33N5O3/c1-4-9-25-10-7-8-17-18-12-16(27(29)30)13-20-21(18)15(11-19(17)25)14-26(20)23-22(28)24(5-2)6-3/h12-13,15,17,19H,4-11,14H2,1-3H3,(H,23,28)/t15?,17-,19-/m1/s1. The summed E-state index contributed by atoms with van der Waals surface area (Å²) in [5, 5.41) is 13.6. The summed E-state index contributed by atoms with van der Waals surface area (Å²) in [6.07, 6.45) is 4.38. The molecule has 1 saturated heterocycles. The number of nitrogens with one attached hydrogen (secondary N) is 1. The van der Waals surface area contributed by atoms with Crippen LogP contribution in [0.2, 0.25) is 0 Å². The Morgan fingerprint density at radius 3 is 2.73 bits per heavy atom. The van der Waals surface area contributed by atoms with E-state index in [4.69, 9.17) is 0 Å². The summed E-state index contributed by atoms with van der Waals surface area (Å²) >= 11 is 0. The molecule has 2 aliphatic heterocycles. The van der Waals surface area contributed by atoms with E-state index in [0.717, 1.165) is 50.0 Å². The molecule has 2 heterocycles. The zero-order valence-electron chi connectivity index (χ0n) is 18.3. The highest BCUT2D eigenvalue weighted by molar-refractivity contribution is 5.79. The summed E-state index contributed by atoms with van der Waals surface area (Å²) in [5.41, 5.74) is 6.33. The fourth-order valence-electron chi connectivity index (χ4n) is 5.79. The van der Waals surface area contributed by atoms with Gasteiger partial charge in [-0.25, -0.2) is 10.2 Å². The summed E-state index contributed by atoms with van der Waals surface area (Å²) in [4.78, 5) is 28.4. The van der Waals surface area contributed by atoms with Gasteiger partial charge in [0.1, 0.15) is 0 Å². The van der Waals surface area contributed by atoms with Crippen LogP contribution in [-0.2, 0) is 0 Å². The van der Waals surface area contributed by atoms with Crippen LogP contribution < -0.4 is 10.4 Å². The predicted octanol–water partition coefficient (Wildman–Crippen LogP) is 3.83. The molecule has 0 bridgehead atoms. The first kappa shape index (κ1) is 20.9. The van der Waals surface area contributed by atoms with E-state index in [0.29, 0.717) is 37.5 Å². The number of urea groups is 1. The maximum absolute atomic E-state index is 12.7. The number of anilines is 1. The fraction of sp³-hybridized carbons (Fsp3) is 0.682. The zero-order valence-corrected chi connectivity index (χ0v) is 18.3. The van der Waals surface area contributed by atoms with Crippen molar-refractivity contribution in [2.75, 3.05) is 37.7 Å². The van der Waals surface area contributed by atoms with Gasteiger partial charge in [0.15, 0.2) is 0 Å². The smallest absolute Gasteiger partial charge is 0.324 e. The third-order valence-electron chi connectivity index (χ3n) is 7.10. The second kappa shape index (κ2) is 8.41. The lowest BCUT2D eigenvalue weighted by molar-refractivity contribution is -0.384. The van der Waals surface area contributed by atoms with E-state index in [1.807, 2.05) is 24.9 Å². The van der Waals surface area contributed by atoms with Gasteiger partial charge in [-0.05, 0) is 63.7 Å². The Morgan fingerprint density at radius 2 is 2.07 bits per heavy atom. The summed E-state index contributed by atoms with van der Waals surface area (Å²) < 4.78 is 0. The molecule has 1 N–H and O–H groups in total. The Morgan fingerprint density at radius 1 is 1.30 bits per heavy atom. The summed E-state index contributed by atoms with van der Waals surface area (Å²) in [6.45, 7) is 10.2. The molecule has 1 fully saturated rings. The molecule has 0 aromatic heterocycles. The molecule has 1 aromatic carbocycles. The average Bonchev–Trinajstić information content (AvgIpc) is 3.07. The zero-order chi connectivity index (χ0) is 21.4. The summed E-state index contributed by atoms with van der Waals surface area (Å²) in [7, 11) is 0. The maximum Gasteiger partial charge on any atom is 0.336 e. The third-order valence-corrected chi connectivity index (χ3v) is 7.10. The number of hydrazine groups is 1. The molecule has 0 saturated carbocycles. The van der Waals surface area contributed by atoms with Gasteiger partial charge in [0.2, 0.25) is 0 Å². The Balaban J connectivity index is 1.72. The number of hydrogen-bond donors (Lipinski definition) is 1. The molecular formula is C22H33N5O3. The first-order chi connectivity index (χ1) is 14.5. The monoisotopic (exact) mass is 415 g/mol. The highest BCUT2D eigenvalue weighted by atomic mass is 16.6. The minimum atomic E-state index is -0.301. The van der Waals surface area contributed by atoms with Crippen LogP contribution in [-0.4, -0.2) is 59.5 Å². The van der Waals surface area contributed by atoms with Gasteiger partial charge in [-0.3, -0.25) is 20.0 Å². The molecule has 1 aliphatic carbocycles. The molecule has 0 spiro atoms. The van der Waals surface area contributed by atoms with E-state index < -0.39 is 0 Å². The van der Waals surface area contributed by atoms with Gasteiger partial charge >= 0.3 is 6.03 Å². The molecule has 2 amide bonds. The first-order valence-corrected chi connectivity index (χ1v) is 11.4. The van der Waals surface area contributed by atoms with Gasteiger partial charge in [0.05, 0.1) is 10.6 Å². The average molecular weight is 416 g/mol. The van der Waals surface area contributed by atoms with E-state index in [-0.39, 0.29) is 16.6 Å². The van der Waals surface area contributed by atoms with Crippen molar-refractivity contribution in [3.63, 3.8) is 0 Å². The van der Waals surface area contributed by atoms with Crippen molar-refractivity contribution in [3.8, 4) is 0 Å². The molecule has 30 heavy (non-hydrogen) atoms. The van der Waals surface area contributed by atoms with Gasteiger partial charge in [0.25, 0.3) is 5.69 Å². The molecule has 3 atom stereocenters. The number of nitro benzene ring substituents is 1. The lowest BCUT2D eigenvalue weighted by atomic mass is 9.70. The first-order valence-electron chi connectivity index (χ1n) is 11.4. The highest BCUT2D eigenvalue weighted by Crippen LogP contribution is 2.52. The number of benzene rings is 1. The van der Waals surface area contributed by atoms with Gasteiger partial charge in [-0.15, -0.1) is 0 Å². The molecule has 3 aliphatic rings. The van der Waals surface area contributed by atoms with Gasteiger partial charge in [0, 0.05) is 49.6 Å². The maximum atomic E-state index is 12.7. The van der Waals surface area contributed by atoms with Crippen molar-refractivity contribution in [2.45, 2.75) is 64.3 Å². The van der Waals surface area contributed by atoms with Crippen LogP contribution in [0.3, 0.4) is 0 Å². The van der Waals surface area contributed by atoms with Crippen molar-refractivity contribution in [3.05, 3.63) is 33.4 Å². The van der Waals surface area contributed by atoms with Crippen molar-refractivity contribution in [1.29, 1.82) is 0 Å². The van der Waals surface area contributed by atoms with Crippen LogP contribution in [0.4, 0.5) is 16.2 Å². The quantitative estimate of drug-likeness (QED) is 0.564. The molecule has 0 radical (unpaired) electrons. The van der Waals surface area contributed by atoms with Crippen molar-refractivity contribution in [2.24, 2.45) is 0 Å². The Kier molecular flexibility index (Phi) is 5.86. The lowest BCUT2D eigenvalue weighted by Crippen LogP contribution is -2.49. The van der Waals surface area contributed by atoms with Gasteiger partial charge < -0.3 is 4.90 Å². The minimum Gasteiger partial charge on any atom is -0.324 e. The van der Waals surface area contributed by atoms with Crippen LogP contribution >= 0.6 is 0 Å².